The molecule has 1 aromatic heterocycles. The van der Waals surface area contributed by atoms with E-state index in [1.165, 1.54) is 23.5 Å². The maximum atomic E-state index is 11.0. The second-order valence-corrected chi connectivity index (χ2v) is 6.26. The average Bonchev–Trinajstić information content (AvgIpc) is 3.05. The number of hydrogen-bond acceptors (Lipinski definition) is 6. The minimum atomic E-state index is -0.735. The molecule has 1 fully saturated rings. The second-order valence-electron chi connectivity index (χ2n) is 5.42. The number of thiazole rings is 1. The number of anilines is 1. The molecule has 1 aliphatic heterocycles. The van der Waals surface area contributed by atoms with Crippen LogP contribution in [0.25, 0.3) is 11.3 Å². The van der Waals surface area contributed by atoms with Gasteiger partial charge in [0.25, 0.3) is 5.69 Å². The number of nitro benzene ring substituents is 1. The van der Waals surface area contributed by atoms with Crippen molar-refractivity contribution in [3.8, 4) is 11.3 Å². The molecule has 1 aromatic carbocycles. The van der Waals surface area contributed by atoms with E-state index in [2.05, 4.69) is 9.88 Å². The highest BCUT2D eigenvalue weighted by Crippen LogP contribution is 2.31. The Kier molecular flexibility index (Phi) is 4.24. The van der Waals surface area contributed by atoms with Crippen LogP contribution in [0, 0.1) is 16.0 Å². The van der Waals surface area contributed by atoms with Gasteiger partial charge in [-0.05, 0) is 12.8 Å². The Morgan fingerprint density at radius 2 is 2.13 bits per heavy atom. The van der Waals surface area contributed by atoms with E-state index in [0.717, 1.165) is 5.13 Å². The number of carboxylic acid groups (broad SMARTS) is 1. The van der Waals surface area contributed by atoms with Gasteiger partial charge >= 0.3 is 5.97 Å². The van der Waals surface area contributed by atoms with Crippen LogP contribution >= 0.6 is 11.3 Å². The third kappa shape index (κ3) is 3.31. The number of hydrogen-bond donors (Lipinski definition) is 1. The summed E-state index contributed by atoms with van der Waals surface area (Å²) in [6.07, 6.45) is 1.22. The van der Waals surface area contributed by atoms with Gasteiger partial charge in [0, 0.05) is 36.2 Å². The Morgan fingerprint density at radius 1 is 1.39 bits per heavy atom. The second kappa shape index (κ2) is 6.33. The zero-order chi connectivity index (χ0) is 16.4. The lowest BCUT2D eigenvalue weighted by Crippen LogP contribution is -2.36. The Balaban J connectivity index is 1.75. The van der Waals surface area contributed by atoms with E-state index in [-0.39, 0.29) is 11.6 Å². The van der Waals surface area contributed by atoms with Crippen molar-refractivity contribution < 1.29 is 14.8 Å². The van der Waals surface area contributed by atoms with Crippen LogP contribution in [-0.4, -0.2) is 34.1 Å². The number of piperidine rings is 1. The fraction of sp³-hybridized carbons (Fsp3) is 0.333. The van der Waals surface area contributed by atoms with Gasteiger partial charge in [-0.25, -0.2) is 4.98 Å². The molecule has 0 atom stereocenters. The topological polar surface area (TPSA) is 96.6 Å². The van der Waals surface area contributed by atoms with Crippen LogP contribution in [0.1, 0.15) is 12.8 Å². The number of carboxylic acids is 1. The van der Waals surface area contributed by atoms with Crippen LogP contribution < -0.4 is 4.90 Å². The maximum absolute atomic E-state index is 11.0. The Labute approximate surface area is 136 Å². The summed E-state index contributed by atoms with van der Waals surface area (Å²) in [5, 5.41) is 22.6. The zero-order valence-electron chi connectivity index (χ0n) is 12.2. The van der Waals surface area contributed by atoms with Gasteiger partial charge in [0.1, 0.15) is 0 Å². The van der Waals surface area contributed by atoms with Gasteiger partial charge < -0.3 is 10.0 Å². The smallest absolute Gasteiger partial charge is 0.306 e. The third-order valence-electron chi connectivity index (χ3n) is 3.96. The fourth-order valence-corrected chi connectivity index (χ4v) is 3.53. The Morgan fingerprint density at radius 3 is 2.78 bits per heavy atom. The Bertz CT molecular complexity index is 738. The molecule has 0 aliphatic carbocycles. The molecule has 0 unspecified atom stereocenters. The van der Waals surface area contributed by atoms with Crippen molar-refractivity contribution in [2.45, 2.75) is 12.8 Å². The standard InChI is InChI=1S/C15H15N3O4S/c19-14(20)10-4-6-17(7-5-10)15-16-13(9-23-15)11-2-1-3-12(8-11)18(21)22/h1-3,8-10H,4-7H2,(H,19,20). The summed E-state index contributed by atoms with van der Waals surface area (Å²) < 4.78 is 0. The van der Waals surface area contributed by atoms with Gasteiger partial charge in [0.2, 0.25) is 0 Å². The summed E-state index contributed by atoms with van der Waals surface area (Å²) in [5.41, 5.74) is 1.45. The van der Waals surface area contributed by atoms with Crippen molar-refractivity contribution in [3.05, 3.63) is 39.8 Å². The van der Waals surface area contributed by atoms with Crippen molar-refractivity contribution in [2.24, 2.45) is 5.92 Å². The van der Waals surface area contributed by atoms with Gasteiger partial charge in [0.15, 0.2) is 5.13 Å². The first kappa shape index (κ1) is 15.4. The molecule has 0 radical (unpaired) electrons. The minimum Gasteiger partial charge on any atom is -0.481 e. The molecule has 7 nitrogen and oxygen atoms in total. The van der Waals surface area contributed by atoms with E-state index in [1.807, 2.05) is 5.38 Å². The first-order valence-corrected chi connectivity index (χ1v) is 8.10. The van der Waals surface area contributed by atoms with E-state index >= 15 is 0 Å². The SMILES string of the molecule is O=C(O)C1CCN(c2nc(-c3cccc([N+](=O)[O-])c3)cs2)CC1. The van der Waals surface area contributed by atoms with E-state index in [9.17, 15) is 14.9 Å². The number of aliphatic carboxylic acids is 1. The van der Waals surface area contributed by atoms with Gasteiger partial charge in [-0.1, -0.05) is 12.1 Å². The van der Waals surface area contributed by atoms with E-state index in [4.69, 9.17) is 5.11 Å². The fourth-order valence-electron chi connectivity index (χ4n) is 2.64. The number of aromatic nitrogens is 1. The number of non-ortho nitro benzene ring substituents is 1. The summed E-state index contributed by atoms with van der Waals surface area (Å²) in [7, 11) is 0. The van der Waals surface area contributed by atoms with Crippen LogP contribution in [0.15, 0.2) is 29.6 Å². The molecule has 2 aromatic rings. The lowest BCUT2D eigenvalue weighted by Gasteiger charge is -2.29. The zero-order valence-corrected chi connectivity index (χ0v) is 13.0. The largest absolute Gasteiger partial charge is 0.481 e. The van der Waals surface area contributed by atoms with Gasteiger partial charge in [-0.2, -0.15) is 0 Å². The summed E-state index contributed by atoms with van der Waals surface area (Å²) in [6.45, 7) is 1.33. The average molecular weight is 333 g/mol. The molecule has 0 amide bonds. The monoisotopic (exact) mass is 333 g/mol. The first-order valence-electron chi connectivity index (χ1n) is 7.22. The molecule has 1 aliphatic rings. The molecule has 0 saturated carbocycles. The molecule has 1 saturated heterocycles. The van der Waals surface area contributed by atoms with Gasteiger partial charge in [-0.3, -0.25) is 14.9 Å². The van der Waals surface area contributed by atoms with Crippen LogP contribution in [0.4, 0.5) is 10.8 Å². The number of benzene rings is 1. The van der Waals surface area contributed by atoms with Crippen LogP contribution in [-0.2, 0) is 4.79 Å². The lowest BCUT2D eigenvalue weighted by atomic mass is 9.97. The molecular weight excluding hydrogens is 318 g/mol. The van der Waals surface area contributed by atoms with Crippen LogP contribution in [0.3, 0.4) is 0 Å². The highest BCUT2D eigenvalue weighted by atomic mass is 32.1. The molecule has 8 heteroatoms. The van der Waals surface area contributed by atoms with Crippen molar-refractivity contribution in [1.82, 2.24) is 4.98 Å². The van der Waals surface area contributed by atoms with Crippen molar-refractivity contribution in [1.29, 1.82) is 0 Å². The molecule has 1 N–H and O–H groups in total. The summed E-state index contributed by atoms with van der Waals surface area (Å²) in [4.78, 5) is 28.0. The first-order chi connectivity index (χ1) is 11.0. The Hall–Kier alpha value is -2.48. The molecular formula is C15H15N3O4S. The van der Waals surface area contributed by atoms with Gasteiger partial charge in [-0.15, -0.1) is 11.3 Å². The molecule has 120 valence electrons. The van der Waals surface area contributed by atoms with Crippen LogP contribution in [0.5, 0.6) is 0 Å². The third-order valence-corrected chi connectivity index (χ3v) is 4.86. The minimum absolute atomic E-state index is 0.0410. The number of nitro groups is 1. The summed E-state index contributed by atoms with van der Waals surface area (Å²) >= 11 is 1.47. The van der Waals surface area contributed by atoms with Gasteiger partial charge in [0.05, 0.1) is 16.5 Å². The predicted molar refractivity (Wildman–Crippen MR) is 86.8 cm³/mol. The quantitative estimate of drug-likeness (QED) is 0.682. The number of nitrogens with zero attached hydrogens (tertiary/aromatic N) is 3. The van der Waals surface area contributed by atoms with E-state index in [1.54, 1.807) is 12.1 Å². The van der Waals surface area contributed by atoms with Crippen molar-refractivity contribution in [2.75, 3.05) is 18.0 Å². The molecule has 23 heavy (non-hydrogen) atoms. The van der Waals surface area contributed by atoms with Crippen LogP contribution in [0.2, 0.25) is 0 Å². The normalized spacial score (nSPS) is 15.6. The van der Waals surface area contributed by atoms with E-state index < -0.39 is 10.9 Å². The van der Waals surface area contributed by atoms with E-state index in [0.29, 0.717) is 37.2 Å². The summed E-state index contributed by atoms with van der Waals surface area (Å²) in [5.74, 6) is -1.01. The summed E-state index contributed by atoms with van der Waals surface area (Å²) in [6, 6.07) is 6.40. The lowest BCUT2D eigenvalue weighted by molar-refractivity contribution is -0.384. The number of rotatable bonds is 4. The molecule has 0 spiro atoms. The van der Waals surface area contributed by atoms with Crippen molar-refractivity contribution in [3.63, 3.8) is 0 Å². The molecule has 0 bridgehead atoms. The van der Waals surface area contributed by atoms with Crippen molar-refractivity contribution >= 4 is 28.1 Å². The highest BCUT2D eigenvalue weighted by molar-refractivity contribution is 7.14. The molecule has 2 heterocycles. The molecule has 3 rings (SSSR count). The predicted octanol–water partition coefficient (Wildman–Crippen LogP) is 3.02. The maximum Gasteiger partial charge on any atom is 0.306 e. The highest BCUT2D eigenvalue weighted by Gasteiger charge is 2.25. The number of carbonyl (C=O) groups is 1.